The zero-order valence-corrected chi connectivity index (χ0v) is 12.4. The fourth-order valence-corrected chi connectivity index (χ4v) is 2.28. The van der Waals surface area contributed by atoms with Crippen molar-refractivity contribution < 1.29 is 14.3 Å². The minimum atomic E-state index is -0.468. The van der Waals surface area contributed by atoms with Crippen LogP contribution in [-0.4, -0.2) is 36.6 Å². The molecule has 7 heteroatoms. The van der Waals surface area contributed by atoms with Crippen LogP contribution < -0.4 is 10.6 Å². The predicted molar refractivity (Wildman–Crippen MR) is 74.6 cm³/mol. The zero-order valence-electron chi connectivity index (χ0n) is 11.6. The van der Waals surface area contributed by atoms with Crippen LogP contribution in [0.2, 0.25) is 0 Å². The fourth-order valence-electron chi connectivity index (χ4n) is 1.40. The molecule has 1 amide bonds. The van der Waals surface area contributed by atoms with Gasteiger partial charge in [0.1, 0.15) is 6.04 Å². The lowest BCUT2D eigenvalue weighted by Crippen LogP contribution is -2.37. The van der Waals surface area contributed by atoms with Crippen LogP contribution in [0.4, 0.5) is 5.13 Å². The van der Waals surface area contributed by atoms with Gasteiger partial charge in [-0.15, -0.1) is 11.3 Å². The third-order valence-corrected chi connectivity index (χ3v) is 3.36. The van der Waals surface area contributed by atoms with Crippen molar-refractivity contribution in [1.82, 2.24) is 10.3 Å². The highest BCUT2D eigenvalue weighted by Crippen LogP contribution is 2.23. The molecule has 0 aromatic carbocycles. The lowest BCUT2D eigenvalue weighted by atomic mass is 10.3. The molecule has 0 aliphatic rings. The first kappa shape index (κ1) is 15.4. The summed E-state index contributed by atoms with van der Waals surface area (Å²) in [5, 5.41) is 6.31. The molecule has 0 radical (unpaired) electrons. The van der Waals surface area contributed by atoms with Gasteiger partial charge in [0.2, 0.25) is 5.91 Å². The Balaban J connectivity index is 2.67. The van der Waals surface area contributed by atoms with Gasteiger partial charge in [-0.2, -0.15) is 0 Å². The van der Waals surface area contributed by atoms with Crippen molar-refractivity contribution in [1.29, 1.82) is 0 Å². The number of carbonyl (C=O) groups is 2. The van der Waals surface area contributed by atoms with Crippen molar-refractivity contribution in [3.05, 3.63) is 10.6 Å². The molecular weight excluding hydrogens is 266 g/mol. The molecule has 1 aromatic rings. The van der Waals surface area contributed by atoms with E-state index in [0.717, 1.165) is 11.3 Å². The van der Waals surface area contributed by atoms with Crippen LogP contribution in [0.25, 0.3) is 0 Å². The minimum Gasteiger partial charge on any atom is -0.464 e. The number of thiazole rings is 1. The average molecular weight is 285 g/mol. The number of esters is 1. The van der Waals surface area contributed by atoms with Crippen LogP contribution in [-0.2, 0) is 9.53 Å². The highest BCUT2D eigenvalue weighted by atomic mass is 32.1. The van der Waals surface area contributed by atoms with Crippen molar-refractivity contribution in [2.45, 2.75) is 33.2 Å². The summed E-state index contributed by atoms with van der Waals surface area (Å²) in [5.74, 6) is -0.556. The van der Waals surface area contributed by atoms with E-state index in [4.69, 9.17) is 0 Å². The molecule has 1 aromatic heterocycles. The molecule has 1 atom stereocenters. The van der Waals surface area contributed by atoms with Gasteiger partial charge in [0.15, 0.2) is 10.8 Å². The summed E-state index contributed by atoms with van der Waals surface area (Å²) >= 11 is 1.32. The standard InChI is InChI=1S/C12H19N3O3S/c1-5-6-13-10(16)7(2)14-12-15-9(8(3)19-12)11(17)18-4/h7H,5-6H2,1-4H3,(H,13,16)(H,14,15). The highest BCUT2D eigenvalue weighted by molar-refractivity contribution is 7.15. The van der Waals surface area contributed by atoms with Gasteiger partial charge in [-0.25, -0.2) is 9.78 Å². The zero-order chi connectivity index (χ0) is 14.4. The smallest absolute Gasteiger partial charge is 0.357 e. The number of nitrogens with one attached hydrogen (secondary N) is 2. The van der Waals surface area contributed by atoms with E-state index >= 15 is 0 Å². The van der Waals surface area contributed by atoms with Gasteiger partial charge < -0.3 is 15.4 Å². The van der Waals surface area contributed by atoms with Crippen LogP contribution >= 0.6 is 11.3 Å². The number of nitrogens with zero attached hydrogens (tertiary/aromatic N) is 1. The summed E-state index contributed by atoms with van der Waals surface area (Å²) in [6.45, 7) is 6.18. The Morgan fingerprint density at radius 3 is 2.74 bits per heavy atom. The molecular formula is C12H19N3O3S. The van der Waals surface area contributed by atoms with Crippen LogP contribution in [0.1, 0.15) is 35.6 Å². The van der Waals surface area contributed by atoms with Crippen LogP contribution in [0.3, 0.4) is 0 Å². The maximum atomic E-state index is 11.7. The Bertz CT molecular complexity index is 459. The summed E-state index contributed by atoms with van der Waals surface area (Å²) in [5.41, 5.74) is 0.288. The van der Waals surface area contributed by atoms with Crippen LogP contribution in [0.15, 0.2) is 0 Å². The topological polar surface area (TPSA) is 80.3 Å². The predicted octanol–water partition coefficient (Wildman–Crippen LogP) is 1.56. The Hall–Kier alpha value is -1.63. The first-order valence-electron chi connectivity index (χ1n) is 6.09. The van der Waals surface area contributed by atoms with E-state index in [1.54, 1.807) is 13.8 Å². The summed E-state index contributed by atoms with van der Waals surface area (Å²) in [7, 11) is 1.31. The third-order valence-electron chi connectivity index (χ3n) is 2.46. The maximum Gasteiger partial charge on any atom is 0.357 e. The molecule has 0 aliphatic carbocycles. The molecule has 0 saturated heterocycles. The monoisotopic (exact) mass is 285 g/mol. The summed E-state index contributed by atoms with van der Waals surface area (Å²) < 4.78 is 4.63. The summed E-state index contributed by atoms with van der Waals surface area (Å²) in [6.07, 6.45) is 0.890. The molecule has 1 heterocycles. The largest absolute Gasteiger partial charge is 0.464 e. The van der Waals surface area contributed by atoms with Gasteiger partial charge in [-0.3, -0.25) is 4.79 Å². The van der Waals surface area contributed by atoms with Crippen molar-refractivity contribution >= 4 is 28.3 Å². The van der Waals surface area contributed by atoms with Gasteiger partial charge in [-0.1, -0.05) is 6.92 Å². The number of anilines is 1. The molecule has 0 saturated carbocycles. The molecule has 1 unspecified atom stereocenters. The Morgan fingerprint density at radius 1 is 1.47 bits per heavy atom. The number of rotatable bonds is 6. The van der Waals surface area contributed by atoms with Crippen molar-refractivity contribution in [2.75, 3.05) is 19.0 Å². The molecule has 106 valence electrons. The van der Waals surface area contributed by atoms with Gasteiger partial charge in [0, 0.05) is 11.4 Å². The second kappa shape index (κ2) is 7.08. The molecule has 0 fully saturated rings. The first-order chi connectivity index (χ1) is 8.99. The van der Waals surface area contributed by atoms with Crippen molar-refractivity contribution in [2.24, 2.45) is 0 Å². The number of carbonyl (C=O) groups excluding carboxylic acids is 2. The Morgan fingerprint density at radius 2 is 2.16 bits per heavy atom. The van der Waals surface area contributed by atoms with Gasteiger partial charge in [-0.05, 0) is 20.3 Å². The quantitative estimate of drug-likeness (QED) is 0.775. The normalized spacial score (nSPS) is 11.8. The molecule has 1 rings (SSSR count). The van der Waals surface area contributed by atoms with Gasteiger partial charge in [0.05, 0.1) is 7.11 Å². The number of aryl methyl sites for hydroxylation is 1. The molecule has 2 N–H and O–H groups in total. The van der Waals surface area contributed by atoms with E-state index < -0.39 is 12.0 Å². The lowest BCUT2D eigenvalue weighted by molar-refractivity contribution is -0.121. The van der Waals surface area contributed by atoms with E-state index in [2.05, 4.69) is 20.4 Å². The van der Waals surface area contributed by atoms with Crippen LogP contribution in [0.5, 0.6) is 0 Å². The highest BCUT2D eigenvalue weighted by Gasteiger charge is 2.18. The van der Waals surface area contributed by atoms with Gasteiger partial charge >= 0.3 is 5.97 Å². The van der Waals surface area contributed by atoms with E-state index in [1.807, 2.05) is 6.92 Å². The lowest BCUT2D eigenvalue weighted by Gasteiger charge is -2.12. The van der Waals surface area contributed by atoms with E-state index in [9.17, 15) is 9.59 Å². The molecule has 0 aliphatic heterocycles. The fraction of sp³-hybridized carbons (Fsp3) is 0.583. The van der Waals surface area contributed by atoms with E-state index in [1.165, 1.54) is 18.4 Å². The minimum absolute atomic E-state index is 0.0886. The van der Waals surface area contributed by atoms with Gasteiger partial charge in [0.25, 0.3) is 0 Å². The Labute approximate surface area is 116 Å². The maximum absolute atomic E-state index is 11.7. The molecule has 0 spiro atoms. The van der Waals surface area contributed by atoms with Crippen LogP contribution in [0, 0.1) is 6.92 Å². The average Bonchev–Trinajstić information content (AvgIpc) is 2.75. The number of methoxy groups -OCH3 is 1. The SMILES string of the molecule is CCCNC(=O)C(C)Nc1nc(C(=O)OC)c(C)s1. The molecule has 0 bridgehead atoms. The Kier molecular flexibility index (Phi) is 5.75. The first-order valence-corrected chi connectivity index (χ1v) is 6.91. The second-order valence-corrected chi connectivity index (χ2v) is 5.28. The van der Waals surface area contributed by atoms with E-state index in [-0.39, 0.29) is 11.6 Å². The summed E-state index contributed by atoms with van der Waals surface area (Å²) in [6, 6.07) is -0.400. The van der Waals surface area contributed by atoms with Crippen molar-refractivity contribution in [3.8, 4) is 0 Å². The van der Waals surface area contributed by atoms with Crippen molar-refractivity contribution in [3.63, 3.8) is 0 Å². The molecule has 6 nitrogen and oxygen atoms in total. The third kappa shape index (κ3) is 4.20. The number of hydrogen-bond donors (Lipinski definition) is 2. The second-order valence-electron chi connectivity index (χ2n) is 4.07. The van der Waals surface area contributed by atoms with E-state index in [0.29, 0.717) is 11.7 Å². The number of aromatic nitrogens is 1. The summed E-state index contributed by atoms with van der Waals surface area (Å²) in [4.78, 5) is 28.0. The number of amides is 1. The molecule has 19 heavy (non-hydrogen) atoms. The number of hydrogen-bond acceptors (Lipinski definition) is 6. The number of ether oxygens (including phenoxy) is 1.